The van der Waals surface area contributed by atoms with Crippen molar-refractivity contribution in [3.05, 3.63) is 156 Å². The van der Waals surface area contributed by atoms with Gasteiger partial charge in [0.25, 0.3) is 0 Å². The monoisotopic (exact) mass is 576 g/mol. The number of benzene rings is 5. The Morgan fingerprint density at radius 3 is 2.29 bits per heavy atom. The third-order valence-corrected chi connectivity index (χ3v) is 10.6. The van der Waals surface area contributed by atoms with E-state index in [1.165, 1.54) is 89.1 Å². The number of hydrogen-bond donors (Lipinski definition) is 0. The summed E-state index contributed by atoms with van der Waals surface area (Å²) in [6, 6.07) is 44.7. The second-order valence-electron chi connectivity index (χ2n) is 12.7. The minimum atomic E-state index is -0.539. The van der Waals surface area contributed by atoms with Crippen molar-refractivity contribution < 1.29 is 9.25 Å². The van der Waals surface area contributed by atoms with E-state index in [9.17, 15) is 0 Å². The minimum Gasteiger partial charge on any atom is -0.307 e. The maximum Gasteiger partial charge on any atom is 0.444 e. The van der Waals surface area contributed by atoms with Gasteiger partial charge in [0.05, 0.1) is 33.5 Å². The Labute approximate surface area is 260 Å². The molecule has 8 aromatic rings. The molecule has 210 valence electrons. The lowest BCUT2D eigenvalue weighted by Gasteiger charge is -2.24. The summed E-state index contributed by atoms with van der Waals surface area (Å²) in [6.45, 7) is 4.53. The normalized spacial score (nSPS) is 16.3. The van der Waals surface area contributed by atoms with Crippen LogP contribution in [0.4, 0.5) is 0 Å². The van der Waals surface area contributed by atoms with E-state index in [-0.39, 0.29) is 0 Å². The van der Waals surface area contributed by atoms with Crippen molar-refractivity contribution in [2.45, 2.75) is 19.5 Å². The van der Waals surface area contributed by atoms with Gasteiger partial charge >= 0.3 is 5.66 Å². The van der Waals surface area contributed by atoms with E-state index in [4.69, 9.17) is 0 Å². The van der Waals surface area contributed by atoms with Gasteiger partial charge in [0.15, 0.2) is 11.8 Å². The second-order valence-corrected chi connectivity index (χ2v) is 12.7. The molecule has 0 bridgehead atoms. The predicted octanol–water partition coefficient (Wildman–Crippen LogP) is 8.01. The van der Waals surface area contributed by atoms with Gasteiger partial charge in [-0.3, -0.25) is 0 Å². The highest BCUT2D eigenvalue weighted by molar-refractivity contribution is 6.13. The smallest absolute Gasteiger partial charge is 0.307 e. The molecule has 0 aliphatic carbocycles. The molecule has 1 spiro atoms. The first-order valence-corrected chi connectivity index (χ1v) is 15.7. The van der Waals surface area contributed by atoms with Crippen LogP contribution in [-0.2, 0) is 5.66 Å². The Balaban J connectivity index is 1.27. The Morgan fingerprint density at radius 1 is 0.600 bits per heavy atom. The average molecular weight is 577 g/mol. The van der Waals surface area contributed by atoms with E-state index >= 15 is 0 Å². The molecule has 5 aromatic carbocycles. The van der Waals surface area contributed by atoms with E-state index in [0.29, 0.717) is 0 Å². The van der Waals surface area contributed by atoms with Gasteiger partial charge in [0, 0.05) is 22.9 Å². The van der Waals surface area contributed by atoms with Crippen molar-refractivity contribution >= 4 is 21.8 Å². The summed E-state index contributed by atoms with van der Waals surface area (Å²) >= 11 is 0. The highest BCUT2D eigenvalue weighted by Crippen LogP contribution is 2.55. The zero-order chi connectivity index (χ0) is 29.6. The van der Waals surface area contributed by atoms with E-state index in [2.05, 4.69) is 166 Å². The standard InChI is InChI=1S/C41H28N4/c1-25-23-28(27-11-4-3-5-12-27)18-19-29(25)33-24-43-41-38-32(34-14-8-9-22-42(34)41)21-20-31-30-13-6-7-15-35(30)44(40(31)38)36-16-10-17-37(39(36)41)45(43)26(33)2/h3-24H,1-2H3/q+2. The summed E-state index contributed by atoms with van der Waals surface area (Å²) in [6.07, 6.45) is 4.70. The molecule has 3 aliphatic heterocycles. The molecule has 11 rings (SSSR count). The van der Waals surface area contributed by atoms with E-state index < -0.39 is 5.66 Å². The Bertz CT molecular complexity index is 2620. The molecule has 45 heavy (non-hydrogen) atoms. The first-order valence-electron chi connectivity index (χ1n) is 15.7. The fourth-order valence-electron chi connectivity index (χ4n) is 8.90. The van der Waals surface area contributed by atoms with Crippen molar-refractivity contribution in [2.75, 3.05) is 0 Å². The van der Waals surface area contributed by atoms with Crippen LogP contribution >= 0.6 is 0 Å². The van der Waals surface area contributed by atoms with Crippen LogP contribution in [0, 0.1) is 13.8 Å². The molecule has 0 N–H and O–H groups in total. The average Bonchev–Trinajstić information content (AvgIpc) is 3.79. The molecule has 0 fully saturated rings. The lowest BCUT2D eigenvalue weighted by molar-refractivity contribution is -0.987. The summed E-state index contributed by atoms with van der Waals surface area (Å²) in [5, 5.41) is 2.61. The number of nitrogens with zero attached hydrogens (tertiary/aromatic N) is 4. The zero-order valence-corrected chi connectivity index (χ0v) is 25.0. The minimum absolute atomic E-state index is 0.539. The number of aromatic nitrogens is 4. The number of para-hydroxylation sites is 1. The number of fused-ring (bicyclic) bond motifs is 8. The summed E-state index contributed by atoms with van der Waals surface area (Å²) in [7, 11) is 0. The van der Waals surface area contributed by atoms with Crippen LogP contribution in [0.3, 0.4) is 0 Å². The molecule has 1 atom stereocenters. The number of hydrogen-bond acceptors (Lipinski definition) is 0. The van der Waals surface area contributed by atoms with Gasteiger partial charge in [0.2, 0.25) is 11.9 Å². The lowest BCUT2D eigenvalue weighted by atomic mass is 9.85. The van der Waals surface area contributed by atoms with Crippen LogP contribution in [0.2, 0.25) is 0 Å². The Morgan fingerprint density at radius 2 is 1.40 bits per heavy atom. The quantitative estimate of drug-likeness (QED) is 0.186. The van der Waals surface area contributed by atoms with Crippen LogP contribution in [-0.4, -0.2) is 9.25 Å². The molecule has 0 amide bonds. The van der Waals surface area contributed by atoms with Crippen molar-refractivity contribution in [1.29, 1.82) is 0 Å². The highest BCUT2D eigenvalue weighted by Gasteiger charge is 2.71. The van der Waals surface area contributed by atoms with Gasteiger partial charge < -0.3 is 4.57 Å². The van der Waals surface area contributed by atoms with Gasteiger partial charge in [-0.1, -0.05) is 78.9 Å². The van der Waals surface area contributed by atoms with Crippen molar-refractivity contribution in [3.63, 3.8) is 0 Å². The molecule has 1 unspecified atom stereocenters. The van der Waals surface area contributed by atoms with E-state index in [0.717, 1.165) is 0 Å². The highest BCUT2D eigenvalue weighted by atomic mass is 15.5. The van der Waals surface area contributed by atoms with Crippen molar-refractivity contribution in [2.24, 2.45) is 0 Å². The van der Waals surface area contributed by atoms with Crippen LogP contribution in [0.1, 0.15) is 22.4 Å². The SMILES string of the molecule is Cc1cc(-c2ccccc2)ccc1-c1c[n+]2n(c1C)-c1cccc3c1C21c2c(ccc4c5ccccc5n-3c24)-c2cccc[n+]21. The van der Waals surface area contributed by atoms with Gasteiger partial charge in [-0.25, -0.2) is 0 Å². The van der Waals surface area contributed by atoms with Crippen LogP contribution in [0.5, 0.6) is 0 Å². The summed E-state index contributed by atoms with van der Waals surface area (Å²) in [5.41, 5.74) is 17.4. The maximum absolute atomic E-state index is 2.53. The number of rotatable bonds is 2. The third kappa shape index (κ3) is 2.56. The van der Waals surface area contributed by atoms with E-state index in [1.54, 1.807) is 0 Å². The fourth-order valence-corrected chi connectivity index (χ4v) is 8.90. The zero-order valence-electron chi connectivity index (χ0n) is 25.0. The van der Waals surface area contributed by atoms with Gasteiger partial charge in [-0.2, -0.15) is 0 Å². The molecule has 0 radical (unpaired) electrons. The maximum atomic E-state index is 2.53. The first-order chi connectivity index (χ1) is 22.2. The Hall–Kier alpha value is -5.74. The largest absolute Gasteiger partial charge is 0.444 e. The second kappa shape index (κ2) is 7.85. The van der Waals surface area contributed by atoms with Gasteiger partial charge in [-0.05, 0) is 71.1 Å². The molecule has 3 aliphatic rings. The summed E-state index contributed by atoms with van der Waals surface area (Å²) in [5.74, 6) is 0. The first kappa shape index (κ1) is 23.7. The van der Waals surface area contributed by atoms with Crippen LogP contribution in [0.25, 0.3) is 66.7 Å². The summed E-state index contributed by atoms with van der Waals surface area (Å²) < 4.78 is 10.1. The molecule has 3 aromatic heterocycles. The Kier molecular flexibility index (Phi) is 4.13. The molecular weight excluding hydrogens is 548 g/mol. The fraction of sp³-hybridized carbons (Fsp3) is 0.0732. The number of pyridine rings is 1. The van der Waals surface area contributed by atoms with Gasteiger partial charge in [-0.15, -0.1) is 9.25 Å². The van der Waals surface area contributed by atoms with E-state index in [1.807, 2.05) is 0 Å². The predicted molar refractivity (Wildman–Crippen MR) is 178 cm³/mol. The van der Waals surface area contributed by atoms with Crippen LogP contribution < -0.4 is 9.25 Å². The summed E-state index contributed by atoms with van der Waals surface area (Å²) in [4.78, 5) is 0. The van der Waals surface area contributed by atoms with Gasteiger partial charge in [0.1, 0.15) is 11.3 Å². The molecule has 0 saturated heterocycles. The van der Waals surface area contributed by atoms with Crippen molar-refractivity contribution in [3.8, 4) is 44.9 Å². The molecule has 0 saturated carbocycles. The third-order valence-electron chi connectivity index (χ3n) is 10.6. The topological polar surface area (TPSA) is 17.6 Å². The molecule has 4 nitrogen and oxygen atoms in total. The van der Waals surface area contributed by atoms with Crippen LogP contribution in [0.15, 0.2) is 134 Å². The van der Waals surface area contributed by atoms with Crippen molar-refractivity contribution in [1.82, 2.24) is 9.25 Å². The molecule has 4 heteroatoms. The molecular formula is C41H28N4+2. The molecule has 6 heterocycles. The lowest BCUT2D eigenvalue weighted by Crippen LogP contribution is -2.73. The number of aryl methyl sites for hydroxylation is 1.